The van der Waals surface area contributed by atoms with Crippen LogP contribution < -0.4 is 5.90 Å². The van der Waals surface area contributed by atoms with Crippen LogP contribution >= 0.6 is 0 Å². The second-order valence-electron chi connectivity index (χ2n) is 0.469. The molecule has 0 amide bonds. The molecule has 0 aliphatic carbocycles. The lowest BCUT2D eigenvalue weighted by atomic mass is 10.9. The number of nitrogens with zero attached hydrogens (tertiary/aromatic N) is 1. The minimum absolute atomic E-state index is 1.46. The number of nitrogens with two attached hydrogens (primary N) is 1. The maximum absolute atomic E-state index is 4.44. The quantitative estimate of drug-likeness (QED) is 0.348. The van der Waals surface area contributed by atoms with E-state index in [1.807, 2.05) is 0 Å². The molecule has 2 N–H and O–H groups in total. The summed E-state index contributed by atoms with van der Waals surface area (Å²) in [5.74, 6) is 4.44. The molecule has 0 saturated heterocycles. The van der Waals surface area contributed by atoms with Crippen molar-refractivity contribution in [3.8, 4) is 0 Å². The average molecular weight is 74.1 g/mol. The van der Waals surface area contributed by atoms with Gasteiger partial charge in [0, 0.05) is 6.21 Å². The van der Waals surface area contributed by atoms with E-state index in [9.17, 15) is 0 Å². The van der Waals surface area contributed by atoms with Crippen LogP contribution in [0.5, 0.6) is 0 Å². The van der Waals surface area contributed by atoms with Crippen LogP contribution in [-0.2, 0) is 4.94 Å². The van der Waals surface area contributed by atoms with Gasteiger partial charge in [-0.3, -0.25) is 0 Å². The topological polar surface area (TPSA) is 47.6 Å². The first-order chi connectivity index (χ1) is 2.41. The zero-order valence-corrected chi connectivity index (χ0v) is 3.01. The molecule has 0 saturated carbocycles. The minimum atomic E-state index is 1.46. The van der Waals surface area contributed by atoms with E-state index < -0.39 is 0 Å². The molecular weight excluding hydrogens is 68.0 g/mol. The summed E-state index contributed by atoms with van der Waals surface area (Å²) in [7, 11) is 0. The molecule has 0 heterocycles. The first kappa shape index (κ1) is 4.43. The lowest BCUT2D eigenvalue weighted by Gasteiger charge is -1.74. The summed E-state index contributed by atoms with van der Waals surface area (Å²) < 4.78 is 0. The molecule has 0 rings (SSSR count). The third-order valence-corrected chi connectivity index (χ3v) is 0.166. The molecule has 0 aromatic heterocycles. The van der Waals surface area contributed by atoms with Gasteiger partial charge in [-0.2, -0.15) is 0 Å². The van der Waals surface area contributed by atoms with E-state index in [2.05, 4.69) is 16.0 Å². The van der Waals surface area contributed by atoms with Crippen molar-refractivity contribution in [2.24, 2.45) is 11.1 Å². The molecule has 0 fully saturated rings. The van der Waals surface area contributed by atoms with E-state index in [-0.39, 0.29) is 0 Å². The van der Waals surface area contributed by atoms with E-state index in [4.69, 9.17) is 0 Å². The van der Waals surface area contributed by atoms with Crippen LogP contribution in [0.1, 0.15) is 6.92 Å². The second-order valence-corrected chi connectivity index (χ2v) is 0.469. The molecule has 0 bridgehead atoms. The molecule has 0 aromatic rings. The predicted octanol–water partition coefficient (Wildman–Crippen LogP) is -0.118. The van der Waals surface area contributed by atoms with E-state index >= 15 is 0 Å². The van der Waals surface area contributed by atoms with Crippen LogP contribution in [0.15, 0.2) is 5.16 Å². The molecule has 0 aliphatic rings. The van der Waals surface area contributed by atoms with Crippen molar-refractivity contribution in [3.05, 3.63) is 0 Å². The SMILES string of the molecule is C/C=N\ON. The van der Waals surface area contributed by atoms with Gasteiger partial charge < -0.3 is 4.94 Å². The summed E-state index contributed by atoms with van der Waals surface area (Å²) >= 11 is 0. The number of hydrogen-bond acceptors (Lipinski definition) is 3. The molecule has 0 atom stereocenters. The smallest absolute Gasteiger partial charge is 0.0431 e. The van der Waals surface area contributed by atoms with Gasteiger partial charge in [0.1, 0.15) is 0 Å². The van der Waals surface area contributed by atoms with Gasteiger partial charge in [0.25, 0.3) is 0 Å². The third-order valence-electron chi connectivity index (χ3n) is 0.166. The molecule has 3 heteroatoms. The monoisotopic (exact) mass is 74.0 g/mol. The van der Waals surface area contributed by atoms with E-state index in [1.54, 1.807) is 6.92 Å². The van der Waals surface area contributed by atoms with Crippen molar-refractivity contribution in [1.29, 1.82) is 0 Å². The zero-order chi connectivity index (χ0) is 4.12. The standard InChI is InChI=1S/C2H6N2O/c1-2-4-5-3/h2H,3H2,1H3/b4-2-. The highest BCUT2D eigenvalue weighted by Crippen LogP contribution is 1.51. The number of hydrogen-bond donors (Lipinski definition) is 1. The highest BCUT2D eigenvalue weighted by atomic mass is 16.7. The molecule has 5 heavy (non-hydrogen) atoms. The van der Waals surface area contributed by atoms with Gasteiger partial charge in [-0.05, 0) is 6.92 Å². The van der Waals surface area contributed by atoms with Gasteiger partial charge in [-0.25, -0.2) is 0 Å². The Morgan fingerprint density at radius 1 is 2.00 bits per heavy atom. The van der Waals surface area contributed by atoms with Gasteiger partial charge in [-0.15, -0.1) is 5.90 Å². The van der Waals surface area contributed by atoms with Crippen molar-refractivity contribution in [1.82, 2.24) is 0 Å². The minimum Gasteiger partial charge on any atom is -0.303 e. The zero-order valence-electron chi connectivity index (χ0n) is 3.01. The first-order valence-electron chi connectivity index (χ1n) is 1.25. The molecule has 0 spiro atoms. The fourth-order valence-electron chi connectivity index (χ4n) is 0.0609. The summed E-state index contributed by atoms with van der Waals surface area (Å²) in [5.41, 5.74) is 0. The van der Waals surface area contributed by atoms with E-state index in [0.717, 1.165) is 0 Å². The van der Waals surface area contributed by atoms with Crippen LogP contribution in [0, 0.1) is 0 Å². The summed E-state index contributed by atoms with van der Waals surface area (Å²) in [5, 5.41) is 3.12. The van der Waals surface area contributed by atoms with Crippen LogP contribution in [-0.4, -0.2) is 6.21 Å². The maximum atomic E-state index is 4.44. The van der Waals surface area contributed by atoms with E-state index in [1.165, 1.54) is 6.21 Å². The number of rotatable bonds is 1. The first-order valence-corrected chi connectivity index (χ1v) is 1.25. The van der Waals surface area contributed by atoms with Crippen LogP contribution in [0.25, 0.3) is 0 Å². The van der Waals surface area contributed by atoms with Crippen molar-refractivity contribution in [2.45, 2.75) is 6.92 Å². The largest absolute Gasteiger partial charge is 0.303 e. The average Bonchev–Trinajstić information content (AvgIpc) is 1.41. The normalized spacial score (nSPS) is 9.20. The van der Waals surface area contributed by atoms with Gasteiger partial charge in [0.2, 0.25) is 0 Å². The predicted molar refractivity (Wildman–Crippen MR) is 19.4 cm³/mol. The molecule has 0 aromatic carbocycles. The summed E-state index contributed by atoms with van der Waals surface area (Å²) in [4.78, 5) is 3.76. The van der Waals surface area contributed by atoms with Gasteiger partial charge in [0.15, 0.2) is 0 Å². The number of oxime groups is 1. The molecule has 3 nitrogen and oxygen atoms in total. The Kier molecular flexibility index (Phi) is 3.04. The van der Waals surface area contributed by atoms with Crippen LogP contribution in [0.3, 0.4) is 0 Å². The summed E-state index contributed by atoms with van der Waals surface area (Å²) in [6, 6.07) is 0. The fourth-order valence-corrected chi connectivity index (χ4v) is 0.0609. The lowest BCUT2D eigenvalue weighted by molar-refractivity contribution is 0.150. The van der Waals surface area contributed by atoms with Gasteiger partial charge in [0.05, 0.1) is 0 Å². The maximum Gasteiger partial charge on any atom is 0.0431 e. The Bertz CT molecular complexity index is 34.6. The molecule has 30 valence electrons. The highest BCUT2D eigenvalue weighted by Gasteiger charge is 1.47. The van der Waals surface area contributed by atoms with Crippen molar-refractivity contribution in [2.75, 3.05) is 0 Å². The second kappa shape index (κ2) is 3.43. The molecule has 0 radical (unpaired) electrons. The Hall–Kier alpha value is -0.570. The van der Waals surface area contributed by atoms with Crippen molar-refractivity contribution >= 4 is 6.21 Å². The van der Waals surface area contributed by atoms with Crippen molar-refractivity contribution in [3.63, 3.8) is 0 Å². The Labute approximate surface area is 30.4 Å². The van der Waals surface area contributed by atoms with Gasteiger partial charge >= 0.3 is 0 Å². The summed E-state index contributed by atoms with van der Waals surface area (Å²) in [6.07, 6.45) is 1.46. The lowest BCUT2D eigenvalue weighted by Crippen LogP contribution is -1.87. The van der Waals surface area contributed by atoms with Crippen molar-refractivity contribution < 1.29 is 4.94 Å². The van der Waals surface area contributed by atoms with Crippen LogP contribution in [0.2, 0.25) is 0 Å². The van der Waals surface area contributed by atoms with Crippen LogP contribution in [0.4, 0.5) is 0 Å². The van der Waals surface area contributed by atoms with E-state index in [0.29, 0.717) is 0 Å². The Morgan fingerprint density at radius 2 is 2.60 bits per heavy atom. The Balaban J connectivity index is 2.62. The summed E-state index contributed by atoms with van der Waals surface area (Å²) in [6.45, 7) is 1.72. The molecule has 0 aliphatic heterocycles. The molecule has 0 unspecified atom stereocenters. The molecular formula is C2H6N2O. The Morgan fingerprint density at radius 3 is 2.60 bits per heavy atom. The fraction of sp³-hybridized carbons (Fsp3) is 0.500. The third kappa shape index (κ3) is 3.43. The van der Waals surface area contributed by atoms with Gasteiger partial charge in [-0.1, -0.05) is 5.16 Å². The highest BCUT2D eigenvalue weighted by molar-refractivity contribution is 5.52.